The van der Waals surface area contributed by atoms with Crippen molar-refractivity contribution < 1.29 is 9.59 Å². The molecule has 2 fully saturated rings. The number of nitrogens with one attached hydrogen (secondary N) is 1. The lowest BCUT2D eigenvalue weighted by atomic mass is 9.80. The van der Waals surface area contributed by atoms with Crippen LogP contribution in [0.5, 0.6) is 0 Å². The minimum atomic E-state index is -0.423. The van der Waals surface area contributed by atoms with Crippen molar-refractivity contribution in [1.82, 2.24) is 10.2 Å². The van der Waals surface area contributed by atoms with Crippen LogP contribution in [0.1, 0.15) is 52.9 Å². The standard InChI is InChI=1S/C15H26N2O2/c1-4-15(5-2)9-13(18)17(14(15)19)11(3)12-7-6-8-16-10-12/h11-12,16H,4-10H2,1-3H3. The van der Waals surface area contributed by atoms with Crippen LogP contribution in [0.2, 0.25) is 0 Å². The van der Waals surface area contributed by atoms with Gasteiger partial charge in [-0.3, -0.25) is 14.5 Å². The first kappa shape index (κ1) is 14.5. The summed E-state index contributed by atoms with van der Waals surface area (Å²) in [5.41, 5.74) is -0.423. The molecule has 0 aromatic rings. The normalized spacial score (nSPS) is 28.8. The quantitative estimate of drug-likeness (QED) is 0.791. The largest absolute Gasteiger partial charge is 0.316 e. The molecule has 0 aromatic carbocycles. The van der Waals surface area contributed by atoms with Gasteiger partial charge in [-0.05, 0) is 51.6 Å². The van der Waals surface area contributed by atoms with Crippen molar-refractivity contribution in [2.24, 2.45) is 11.3 Å². The van der Waals surface area contributed by atoms with E-state index in [9.17, 15) is 9.59 Å². The average Bonchev–Trinajstić information content (AvgIpc) is 2.70. The number of hydrogen-bond acceptors (Lipinski definition) is 3. The fraction of sp³-hybridized carbons (Fsp3) is 0.867. The summed E-state index contributed by atoms with van der Waals surface area (Å²) in [5.74, 6) is 0.513. The maximum Gasteiger partial charge on any atom is 0.236 e. The van der Waals surface area contributed by atoms with Crippen molar-refractivity contribution in [3.63, 3.8) is 0 Å². The maximum atomic E-state index is 12.7. The van der Waals surface area contributed by atoms with E-state index in [1.807, 2.05) is 20.8 Å². The van der Waals surface area contributed by atoms with Gasteiger partial charge in [0.1, 0.15) is 0 Å². The van der Waals surface area contributed by atoms with E-state index in [1.165, 1.54) is 0 Å². The topological polar surface area (TPSA) is 49.4 Å². The average molecular weight is 266 g/mol. The summed E-state index contributed by atoms with van der Waals surface area (Å²) in [4.78, 5) is 26.5. The zero-order valence-electron chi connectivity index (χ0n) is 12.4. The Morgan fingerprint density at radius 3 is 2.53 bits per heavy atom. The molecule has 2 aliphatic heterocycles. The van der Waals surface area contributed by atoms with E-state index in [0.717, 1.165) is 38.8 Å². The van der Waals surface area contributed by atoms with Gasteiger partial charge >= 0.3 is 0 Å². The van der Waals surface area contributed by atoms with E-state index < -0.39 is 5.41 Å². The molecule has 0 radical (unpaired) electrons. The summed E-state index contributed by atoms with van der Waals surface area (Å²) in [7, 11) is 0. The second-order valence-corrected chi connectivity index (χ2v) is 6.08. The van der Waals surface area contributed by atoms with Crippen molar-refractivity contribution in [3.05, 3.63) is 0 Å². The first-order valence-electron chi connectivity index (χ1n) is 7.63. The molecule has 2 rings (SSSR count). The van der Waals surface area contributed by atoms with Gasteiger partial charge in [0.2, 0.25) is 11.8 Å². The molecule has 2 amide bonds. The van der Waals surface area contributed by atoms with E-state index in [2.05, 4.69) is 5.32 Å². The molecule has 1 N–H and O–H groups in total. The fourth-order valence-electron chi connectivity index (χ4n) is 3.53. The molecule has 0 bridgehead atoms. The van der Waals surface area contributed by atoms with E-state index in [-0.39, 0.29) is 17.9 Å². The molecule has 19 heavy (non-hydrogen) atoms. The summed E-state index contributed by atoms with van der Waals surface area (Å²) in [6.07, 6.45) is 4.18. The summed E-state index contributed by atoms with van der Waals surface area (Å²) < 4.78 is 0. The van der Waals surface area contributed by atoms with Crippen LogP contribution >= 0.6 is 0 Å². The number of likely N-dealkylation sites (tertiary alicyclic amines) is 1. The number of rotatable bonds is 4. The van der Waals surface area contributed by atoms with E-state index in [4.69, 9.17) is 0 Å². The molecular weight excluding hydrogens is 240 g/mol. The van der Waals surface area contributed by atoms with Crippen molar-refractivity contribution in [1.29, 1.82) is 0 Å². The van der Waals surface area contributed by atoms with Gasteiger partial charge in [0.05, 0.1) is 5.41 Å². The lowest BCUT2D eigenvalue weighted by Crippen LogP contribution is -2.48. The molecule has 2 aliphatic rings. The Kier molecular flexibility index (Phi) is 4.29. The van der Waals surface area contributed by atoms with Crippen LogP contribution in [0.15, 0.2) is 0 Å². The van der Waals surface area contributed by atoms with Crippen LogP contribution in [0.3, 0.4) is 0 Å². The van der Waals surface area contributed by atoms with Crippen molar-refractivity contribution in [3.8, 4) is 0 Å². The van der Waals surface area contributed by atoms with Gasteiger partial charge in [0.15, 0.2) is 0 Å². The van der Waals surface area contributed by atoms with Gasteiger partial charge < -0.3 is 5.32 Å². The molecule has 0 aromatic heterocycles. The van der Waals surface area contributed by atoms with Crippen LogP contribution in [0.4, 0.5) is 0 Å². The van der Waals surface area contributed by atoms with Gasteiger partial charge in [-0.1, -0.05) is 13.8 Å². The Morgan fingerprint density at radius 1 is 1.37 bits per heavy atom. The SMILES string of the molecule is CCC1(CC)CC(=O)N(C(C)C2CCCNC2)C1=O. The number of hydrogen-bond donors (Lipinski definition) is 1. The van der Waals surface area contributed by atoms with Crippen molar-refractivity contribution in [2.45, 2.75) is 58.9 Å². The van der Waals surface area contributed by atoms with Crippen LogP contribution in [-0.4, -0.2) is 35.8 Å². The molecule has 0 aliphatic carbocycles. The highest BCUT2D eigenvalue weighted by molar-refractivity contribution is 6.06. The monoisotopic (exact) mass is 266 g/mol. The number of imide groups is 1. The zero-order chi connectivity index (χ0) is 14.0. The molecule has 0 saturated carbocycles. The van der Waals surface area contributed by atoms with Gasteiger partial charge in [-0.25, -0.2) is 0 Å². The highest BCUT2D eigenvalue weighted by Gasteiger charge is 2.51. The van der Waals surface area contributed by atoms with Gasteiger partial charge in [0.25, 0.3) is 0 Å². The number of nitrogens with zero attached hydrogens (tertiary/aromatic N) is 1. The molecule has 2 heterocycles. The second-order valence-electron chi connectivity index (χ2n) is 6.08. The Bertz CT molecular complexity index is 357. The van der Waals surface area contributed by atoms with Gasteiger partial charge in [-0.2, -0.15) is 0 Å². The first-order valence-corrected chi connectivity index (χ1v) is 7.63. The highest BCUT2D eigenvalue weighted by atomic mass is 16.2. The molecule has 4 nitrogen and oxygen atoms in total. The van der Waals surface area contributed by atoms with E-state index >= 15 is 0 Å². The van der Waals surface area contributed by atoms with Crippen molar-refractivity contribution in [2.75, 3.05) is 13.1 Å². The molecule has 0 spiro atoms. The van der Waals surface area contributed by atoms with E-state index in [1.54, 1.807) is 4.90 Å². The highest BCUT2D eigenvalue weighted by Crippen LogP contribution is 2.41. The van der Waals surface area contributed by atoms with Crippen LogP contribution in [0, 0.1) is 11.3 Å². The molecule has 4 heteroatoms. The molecule has 2 unspecified atom stereocenters. The van der Waals surface area contributed by atoms with Crippen LogP contribution < -0.4 is 5.32 Å². The lowest BCUT2D eigenvalue weighted by Gasteiger charge is -2.34. The predicted molar refractivity (Wildman–Crippen MR) is 74.5 cm³/mol. The predicted octanol–water partition coefficient (Wildman–Crippen LogP) is 1.94. The lowest BCUT2D eigenvalue weighted by molar-refractivity contribution is -0.145. The summed E-state index contributed by atoms with van der Waals surface area (Å²) in [6, 6.07) is 0.0350. The third-order valence-electron chi connectivity index (χ3n) is 5.21. The molecule has 2 saturated heterocycles. The zero-order valence-corrected chi connectivity index (χ0v) is 12.4. The Labute approximate surface area is 115 Å². The number of carbonyl (C=O) groups excluding carboxylic acids is 2. The third-order valence-corrected chi connectivity index (χ3v) is 5.21. The first-order chi connectivity index (χ1) is 9.05. The number of carbonyl (C=O) groups is 2. The number of piperidine rings is 1. The molecule has 2 atom stereocenters. The smallest absolute Gasteiger partial charge is 0.236 e. The van der Waals surface area contributed by atoms with Crippen molar-refractivity contribution >= 4 is 11.8 Å². The summed E-state index contributed by atoms with van der Waals surface area (Å²) >= 11 is 0. The Balaban J connectivity index is 2.15. The molecule has 108 valence electrons. The Morgan fingerprint density at radius 2 is 2.05 bits per heavy atom. The van der Waals surface area contributed by atoms with Gasteiger partial charge in [0, 0.05) is 12.5 Å². The summed E-state index contributed by atoms with van der Waals surface area (Å²) in [5, 5.41) is 3.37. The molecular formula is C15H26N2O2. The Hall–Kier alpha value is -0.900. The minimum absolute atomic E-state index is 0.0340. The number of amides is 2. The fourth-order valence-corrected chi connectivity index (χ4v) is 3.53. The third kappa shape index (κ3) is 2.42. The minimum Gasteiger partial charge on any atom is -0.316 e. The van der Waals surface area contributed by atoms with Crippen LogP contribution in [-0.2, 0) is 9.59 Å². The maximum absolute atomic E-state index is 12.7. The second kappa shape index (κ2) is 5.61. The van der Waals surface area contributed by atoms with Crippen LogP contribution in [0.25, 0.3) is 0 Å². The van der Waals surface area contributed by atoms with Gasteiger partial charge in [-0.15, -0.1) is 0 Å². The summed E-state index contributed by atoms with van der Waals surface area (Å²) in [6.45, 7) is 8.05. The van der Waals surface area contributed by atoms with E-state index in [0.29, 0.717) is 12.3 Å².